The number of hydrogen-bond acceptors (Lipinski definition) is 3. The van der Waals surface area contributed by atoms with Crippen molar-refractivity contribution in [1.82, 2.24) is 0 Å². The fourth-order valence-corrected chi connectivity index (χ4v) is 3.21. The second-order valence-corrected chi connectivity index (χ2v) is 5.64. The van der Waals surface area contributed by atoms with Crippen LogP contribution in [-0.2, 0) is 22.4 Å². The molecule has 1 aliphatic heterocycles. The molecule has 0 radical (unpaired) electrons. The van der Waals surface area contributed by atoms with Crippen LogP contribution in [0.2, 0.25) is 0 Å². The largest absolute Gasteiger partial charge is 0.373 e. The molecule has 0 saturated carbocycles. The average molecular weight is 272 g/mol. The van der Waals surface area contributed by atoms with Crippen LogP contribution in [0.25, 0.3) is 0 Å². The summed E-state index contributed by atoms with van der Waals surface area (Å²) in [5, 5.41) is 4.04. The first-order chi connectivity index (χ1) is 9.33. The van der Waals surface area contributed by atoms with Gasteiger partial charge in [-0.2, -0.15) is 11.3 Å². The molecule has 1 aliphatic rings. The number of Topliss-reactive ketones (excluding diaryl/α,β-unsaturated/α-hetero) is 1. The minimum atomic E-state index is -0.0592. The summed E-state index contributed by atoms with van der Waals surface area (Å²) in [6, 6.07) is 10.3. The topological polar surface area (TPSA) is 26.3 Å². The molecule has 0 fully saturated rings. The lowest BCUT2D eigenvalue weighted by atomic mass is 9.93. The van der Waals surface area contributed by atoms with Gasteiger partial charge in [-0.3, -0.25) is 4.79 Å². The van der Waals surface area contributed by atoms with Gasteiger partial charge in [-0.25, -0.2) is 0 Å². The Balaban J connectivity index is 1.69. The zero-order valence-corrected chi connectivity index (χ0v) is 11.5. The maximum absolute atomic E-state index is 12.1. The molecule has 3 heteroatoms. The van der Waals surface area contributed by atoms with E-state index in [1.165, 1.54) is 11.1 Å². The first-order valence-corrected chi connectivity index (χ1v) is 7.49. The highest BCUT2D eigenvalue weighted by Gasteiger charge is 2.22. The molecule has 2 aromatic rings. The van der Waals surface area contributed by atoms with Crippen LogP contribution in [0.1, 0.15) is 29.2 Å². The second kappa shape index (κ2) is 5.68. The molecule has 0 saturated heterocycles. The molecule has 0 N–H and O–H groups in total. The zero-order valence-electron chi connectivity index (χ0n) is 10.7. The van der Waals surface area contributed by atoms with Crippen molar-refractivity contribution in [2.24, 2.45) is 0 Å². The van der Waals surface area contributed by atoms with Crippen LogP contribution in [0.3, 0.4) is 0 Å². The first-order valence-electron chi connectivity index (χ1n) is 6.55. The number of thiophene rings is 1. The van der Waals surface area contributed by atoms with Crippen LogP contribution >= 0.6 is 11.3 Å². The fraction of sp³-hybridized carbons (Fsp3) is 0.312. The highest BCUT2D eigenvalue weighted by Crippen LogP contribution is 2.30. The van der Waals surface area contributed by atoms with E-state index in [1.54, 1.807) is 11.3 Å². The van der Waals surface area contributed by atoms with E-state index in [-0.39, 0.29) is 11.9 Å². The molecular weight excluding hydrogens is 256 g/mol. The number of fused-ring (bicyclic) bond motifs is 1. The lowest BCUT2D eigenvalue weighted by molar-refractivity contribution is -0.121. The summed E-state index contributed by atoms with van der Waals surface area (Å²) in [5.74, 6) is 0.250. The van der Waals surface area contributed by atoms with Crippen molar-refractivity contribution in [1.29, 1.82) is 0 Å². The Hall–Kier alpha value is -1.45. The minimum Gasteiger partial charge on any atom is -0.373 e. The van der Waals surface area contributed by atoms with Crippen molar-refractivity contribution in [2.45, 2.75) is 25.4 Å². The molecule has 98 valence electrons. The first kappa shape index (κ1) is 12.6. The van der Waals surface area contributed by atoms with Crippen LogP contribution < -0.4 is 0 Å². The van der Waals surface area contributed by atoms with Crippen LogP contribution in [0, 0.1) is 0 Å². The summed E-state index contributed by atoms with van der Waals surface area (Å²) in [7, 11) is 0. The minimum absolute atomic E-state index is 0.0592. The van der Waals surface area contributed by atoms with Gasteiger partial charge in [0.15, 0.2) is 0 Å². The van der Waals surface area contributed by atoms with Crippen molar-refractivity contribution in [3.63, 3.8) is 0 Å². The molecule has 1 unspecified atom stereocenters. The highest BCUT2D eigenvalue weighted by atomic mass is 32.1. The smallest absolute Gasteiger partial charge is 0.140 e. The van der Waals surface area contributed by atoms with Gasteiger partial charge in [-0.1, -0.05) is 24.3 Å². The quantitative estimate of drug-likeness (QED) is 0.850. The zero-order chi connectivity index (χ0) is 13.1. The highest BCUT2D eigenvalue weighted by molar-refractivity contribution is 7.07. The molecule has 19 heavy (non-hydrogen) atoms. The number of benzene rings is 1. The van der Waals surface area contributed by atoms with Gasteiger partial charge in [0.2, 0.25) is 0 Å². The van der Waals surface area contributed by atoms with E-state index in [9.17, 15) is 4.79 Å². The fourth-order valence-electron chi connectivity index (χ4n) is 2.55. The number of rotatable bonds is 4. The molecule has 0 bridgehead atoms. The van der Waals surface area contributed by atoms with E-state index >= 15 is 0 Å². The van der Waals surface area contributed by atoms with E-state index in [0.29, 0.717) is 19.4 Å². The number of hydrogen-bond donors (Lipinski definition) is 0. The van der Waals surface area contributed by atoms with Crippen molar-refractivity contribution >= 4 is 17.1 Å². The molecular formula is C16H16O2S. The van der Waals surface area contributed by atoms with E-state index < -0.39 is 0 Å². The van der Waals surface area contributed by atoms with E-state index in [1.807, 2.05) is 29.0 Å². The Morgan fingerprint density at radius 3 is 3.05 bits per heavy atom. The van der Waals surface area contributed by atoms with Crippen molar-refractivity contribution in [3.8, 4) is 0 Å². The Kier molecular flexibility index (Phi) is 3.76. The summed E-state index contributed by atoms with van der Waals surface area (Å²) in [6.07, 6.45) is 1.89. The van der Waals surface area contributed by atoms with Gasteiger partial charge < -0.3 is 4.74 Å². The molecule has 0 spiro atoms. The Labute approximate surface area is 117 Å². The summed E-state index contributed by atoms with van der Waals surface area (Å²) in [6.45, 7) is 0.716. The predicted octanol–water partition coefficient (Wildman–Crippen LogP) is 3.56. The molecule has 1 aromatic heterocycles. The molecule has 0 aliphatic carbocycles. The van der Waals surface area contributed by atoms with Crippen LogP contribution in [0.5, 0.6) is 0 Å². The maximum Gasteiger partial charge on any atom is 0.140 e. The number of ether oxygens (including phenoxy) is 1. The van der Waals surface area contributed by atoms with Gasteiger partial charge in [0, 0.05) is 12.8 Å². The summed E-state index contributed by atoms with van der Waals surface area (Å²) < 4.78 is 5.78. The van der Waals surface area contributed by atoms with Gasteiger partial charge >= 0.3 is 0 Å². The lowest BCUT2D eigenvalue weighted by Crippen LogP contribution is -2.19. The molecule has 2 heterocycles. The van der Waals surface area contributed by atoms with Crippen molar-refractivity contribution in [3.05, 3.63) is 57.8 Å². The summed E-state index contributed by atoms with van der Waals surface area (Å²) in [4.78, 5) is 12.1. The summed E-state index contributed by atoms with van der Waals surface area (Å²) in [5.41, 5.74) is 3.62. The molecule has 3 rings (SSSR count). The number of ketones is 1. The van der Waals surface area contributed by atoms with Gasteiger partial charge in [0.25, 0.3) is 0 Å². The molecule has 1 aromatic carbocycles. The van der Waals surface area contributed by atoms with Gasteiger partial charge in [-0.15, -0.1) is 0 Å². The number of carbonyl (C=O) groups is 1. The third-order valence-electron chi connectivity index (χ3n) is 3.49. The number of carbonyl (C=O) groups excluding carboxylic acids is 1. The normalized spacial score (nSPS) is 18.0. The van der Waals surface area contributed by atoms with Crippen LogP contribution in [0.15, 0.2) is 41.1 Å². The third kappa shape index (κ3) is 2.94. The van der Waals surface area contributed by atoms with Crippen LogP contribution in [-0.4, -0.2) is 12.4 Å². The monoisotopic (exact) mass is 272 g/mol. The Bertz CT molecular complexity index is 560. The molecule has 2 nitrogen and oxygen atoms in total. The Morgan fingerprint density at radius 1 is 1.32 bits per heavy atom. The van der Waals surface area contributed by atoms with Gasteiger partial charge in [-0.05, 0) is 39.9 Å². The summed E-state index contributed by atoms with van der Waals surface area (Å²) >= 11 is 1.63. The standard InChI is InChI=1S/C16H16O2S/c17-14(9-12-6-8-19-11-12)10-16-15-4-2-1-3-13(15)5-7-18-16/h1-4,6,8,11,16H,5,7,9-10H2. The van der Waals surface area contributed by atoms with Crippen molar-refractivity contribution < 1.29 is 9.53 Å². The van der Waals surface area contributed by atoms with Crippen molar-refractivity contribution in [2.75, 3.05) is 6.61 Å². The average Bonchev–Trinajstić information content (AvgIpc) is 2.92. The van der Waals surface area contributed by atoms with Gasteiger partial charge in [0.05, 0.1) is 12.7 Å². The molecule has 1 atom stereocenters. The van der Waals surface area contributed by atoms with Crippen LogP contribution in [0.4, 0.5) is 0 Å². The maximum atomic E-state index is 12.1. The van der Waals surface area contributed by atoms with E-state index in [4.69, 9.17) is 4.74 Å². The Morgan fingerprint density at radius 2 is 2.21 bits per heavy atom. The second-order valence-electron chi connectivity index (χ2n) is 4.86. The van der Waals surface area contributed by atoms with E-state index in [2.05, 4.69) is 12.1 Å². The van der Waals surface area contributed by atoms with Gasteiger partial charge in [0.1, 0.15) is 5.78 Å². The lowest BCUT2D eigenvalue weighted by Gasteiger charge is -2.25. The SMILES string of the molecule is O=C(Cc1ccsc1)CC1OCCc2ccccc21. The van der Waals surface area contributed by atoms with E-state index in [0.717, 1.165) is 12.0 Å². The molecule has 0 amide bonds. The third-order valence-corrected chi connectivity index (χ3v) is 4.22. The predicted molar refractivity (Wildman–Crippen MR) is 76.5 cm³/mol.